The SMILES string of the molecule is Cc1nn(C)cc1NC(=O)CN1CCCCC1c1csc(Nc2ncccn2)n1. The minimum absolute atomic E-state index is 0.0285. The second kappa shape index (κ2) is 8.66. The maximum Gasteiger partial charge on any atom is 0.238 e. The molecule has 0 aromatic carbocycles. The summed E-state index contributed by atoms with van der Waals surface area (Å²) in [6.07, 6.45) is 8.41. The number of carbonyl (C=O) groups is 1. The number of aromatic nitrogens is 5. The van der Waals surface area contributed by atoms with Gasteiger partial charge in [0.2, 0.25) is 11.9 Å². The van der Waals surface area contributed by atoms with Crippen molar-refractivity contribution in [2.75, 3.05) is 23.7 Å². The highest BCUT2D eigenvalue weighted by Crippen LogP contribution is 2.33. The van der Waals surface area contributed by atoms with Crippen LogP contribution in [-0.2, 0) is 11.8 Å². The van der Waals surface area contributed by atoms with Crippen LogP contribution in [0.5, 0.6) is 0 Å². The zero-order chi connectivity index (χ0) is 20.2. The summed E-state index contributed by atoms with van der Waals surface area (Å²) in [6.45, 7) is 3.10. The number of carbonyl (C=O) groups excluding carboxylic acids is 1. The van der Waals surface area contributed by atoms with Gasteiger partial charge in [-0.25, -0.2) is 15.0 Å². The van der Waals surface area contributed by atoms with Crippen molar-refractivity contribution >= 4 is 34.0 Å². The van der Waals surface area contributed by atoms with Crippen molar-refractivity contribution in [3.8, 4) is 0 Å². The van der Waals surface area contributed by atoms with Gasteiger partial charge in [-0.2, -0.15) is 5.10 Å². The summed E-state index contributed by atoms with van der Waals surface area (Å²) in [7, 11) is 1.84. The molecule has 9 nitrogen and oxygen atoms in total. The topological polar surface area (TPSA) is 101 Å². The minimum atomic E-state index is -0.0285. The Morgan fingerprint density at radius 3 is 2.90 bits per heavy atom. The summed E-state index contributed by atoms with van der Waals surface area (Å²) in [6, 6.07) is 1.91. The molecular formula is C19H24N8OS. The van der Waals surface area contributed by atoms with Crippen LogP contribution >= 0.6 is 11.3 Å². The molecule has 10 heteroatoms. The molecule has 1 amide bonds. The van der Waals surface area contributed by atoms with Gasteiger partial charge < -0.3 is 10.6 Å². The Kier molecular flexibility index (Phi) is 5.81. The first-order valence-electron chi connectivity index (χ1n) is 9.62. The minimum Gasteiger partial charge on any atom is -0.322 e. The van der Waals surface area contributed by atoms with Crippen LogP contribution in [-0.4, -0.2) is 48.6 Å². The second-order valence-electron chi connectivity index (χ2n) is 7.11. The molecule has 4 rings (SSSR count). The normalized spacial score (nSPS) is 17.2. The fourth-order valence-corrected chi connectivity index (χ4v) is 4.32. The highest BCUT2D eigenvalue weighted by Gasteiger charge is 2.28. The number of rotatable bonds is 6. The summed E-state index contributed by atoms with van der Waals surface area (Å²) in [4.78, 5) is 27.9. The molecule has 1 fully saturated rings. The summed E-state index contributed by atoms with van der Waals surface area (Å²) in [5.41, 5.74) is 2.56. The average Bonchev–Trinajstić information content (AvgIpc) is 3.29. The fraction of sp³-hybridized carbons (Fsp3) is 0.421. The molecule has 0 aliphatic carbocycles. The van der Waals surface area contributed by atoms with Crippen molar-refractivity contribution in [2.24, 2.45) is 7.05 Å². The number of hydrogen-bond acceptors (Lipinski definition) is 8. The van der Waals surface area contributed by atoms with E-state index in [1.165, 1.54) is 11.3 Å². The van der Waals surface area contributed by atoms with Gasteiger partial charge >= 0.3 is 0 Å². The fourth-order valence-electron chi connectivity index (χ4n) is 3.57. The van der Waals surface area contributed by atoms with E-state index < -0.39 is 0 Å². The van der Waals surface area contributed by atoms with Gasteiger partial charge in [0.15, 0.2) is 5.13 Å². The third kappa shape index (κ3) is 4.77. The van der Waals surface area contributed by atoms with Crippen molar-refractivity contribution in [1.29, 1.82) is 0 Å². The highest BCUT2D eigenvalue weighted by molar-refractivity contribution is 7.13. The first-order valence-corrected chi connectivity index (χ1v) is 10.5. The molecule has 0 radical (unpaired) electrons. The standard InChI is InChI=1S/C19H24N8OS/c1-13-14(10-26(2)25-13)22-17(28)11-27-9-4-3-6-16(27)15-12-29-19(23-15)24-18-20-7-5-8-21-18/h5,7-8,10,12,16H,3-4,6,9,11H2,1-2H3,(H,22,28)(H,20,21,23,24). The molecule has 3 aromatic rings. The van der Waals surface area contributed by atoms with Crippen molar-refractivity contribution in [3.05, 3.63) is 41.4 Å². The van der Waals surface area contributed by atoms with E-state index >= 15 is 0 Å². The van der Waals surface area contributed by atoms with Crippen LogP contribution in [0.15, 0.2) is 30.0 Å². The Bertz CT molecular complexity index is 970. The number of anilines is 3. The van der Waals surface area contributed by atoms with Crippen molar-refractivity contribution < 1.29 is 4.79 Å². The lowest BCUT2D eigenvalue weighted by molar-refractivity contribution is -0.118. The number of nitrogens with zero attached hydrogens (tertiary/aromatic N) is 6. The smallest absolute Gasteiger partial charge is 0.238 e. The first-order chi connectivity index (χ1) is 14.1. The number of hydrogen-bond donors (Lipinski definition) is 2. The van der Waals surface area contributed by atoms with Crippen LogP contribution in [0.2, 0.25) is 0 Å². The molecule has 3 aromatic heterocycles. The predicted molar refractivity (Wildman–Crippen MR) is 112 cm³/mol. The summed E-state index contributed by atoms with van der Waals surface area (Å²) in [5, 5.41) is 13.2. The maximum absolute atomic E-state index is 12.6. The van der Waals surface area contributed by atoms with Crippen LogP contribution in [0.25, 0.3) is 0 Å². The monoisotopic (exact) mass is 412 g/mol. The molecule has 1 aliphatic rings. The summed E-state index contributed by atoms with van der Waals surface area (Å²) >= 11 is 1.53. The lowest BCUT2D eigenvalue weighted by Gasteiger charge is -2.34. The molecule has 1 saturated heterocycles. The number of piperidine rings is 1. The van der Waals surface area contributed by atoms with E-state index in [0.717, 1.165) is 48.0 Å². The third-order valence-electron chi connectivity index (χ3n) is 4.90. The lowest BCUT2D eigenvalue weighted by atomic mass is 10.00. The van der Waals surface area contributed by atoms with Crippen LogP contribution in [0, 0.1) is 6.92 Å². The Hall–Kier alpha value is -2.85. The van der Waals surface area contributed by atoms with Crippen LogP contribution < -0.4 is 10.6 Å². The first kappa shape index (κ1) is 19.5. The zero-order valence-corrected chi connectivity index (χ0v) is 17.3. The Balaban J connectivity index is 1.42. The second-order valence-corrected chi connectivity index (χ2v) is 7.97. The molecular weight excluding hydrogens is 388 g/mol. The number of thiazole rings is 1. The van der Waals surface area contributed by atoms with Gasteiger partial charge in [-0.15, -0.1) is 11.3 Å². The van der Waals surface area contributed by atoms with Gasteiger partial charge in [0.25, 0.3) is 0 Å². The van der Waals surface area contributed by atoms with E-state index in [9.17, 15) is 4.79 Å². The van der Waals surface area contributed by atoms with Crippen LogP contribution in [0.3, 0.4) is 0 Å². The molecule has 0 spiro atoms. The van der Waals surface area contributed by atoms with E-state index in [4.69, 9.17) is 4.98 Å². The Morgan fingerprint density at radius 1 is 1.31 bits per heavy atom. The molecule has 2 N–H and O–H groups in total. The Labute approximate surface area is 173 Å². The van der Waals surface area contributed by atoms with Crippen LogP contribution in [0.1, 0.15) is 36.7 Å². The maximum atomic E-state index is 12.6. The zero-order valence-electron chi connectivity index (χ0n) is 16.5. The summed E-state index contributed by atoms with van der Waals surface area (Å²) in [5.74, 6) is 0.499. The van der Waals surface area contributed by atoms with E-state index in [1.54, 1.807) is 23.1 Å². The van der Waals surface area contributed by atoms with E-state index in [0.29, 0.717) is 12.5 Å². The molecule has 0 bridgehead atoms. The number of nitrogens with one attached hydrogen (secondary N) is 2. The quantitative estimate of drug-likeness (QED) is 0.642. The molecule has 29 heavy (non-hydrogen) atoms. The lowest BCUT2D eigenvalue weighted by Crippen LogP contribution is -2.39. The summed E-state index contributed by atoms with van der Waals surface area (Å²) < 4.78 is 1.70. The van der Waals surface area contributed by atoms with Crippen molar-refractivity contribution in [2.45, 2.75) is 32.2 Å². The van der Waals surface area contributed by atoms with Crippen molar-refractivity contribution in [1.82, 2.24) is 29.6 Å². The van der Waals surface area contributed by atoms with Gasteiger partial charge in [0.05, 0.1) is 29.7 Å². The van der Waals surface area contributed by atoms with Crippen molar-refractivity contribution in [3.63, 3.8) is 0 Å². The van der Waals surface area contributed by atoms with Gasteiger partial charge in [-0.05, 0) is 32.4 Å². The van der Waals surface area contributed by atoms with Gasteiger partial charge in [0, 0.05) is 31.0 Å². The van der Waals surface area contributed by atoms with Gasteiger partial charge in [0.1, 0.15) is 0 Å². The molecule has 1 atom stereocenters. The number of likely N-dealkylation sites (tertiary alicyclic amines) is 1. The highest BCUT2D eigenvalue weighted by atomic mass is 32.1. The molecule has 1 aliphatic heterocycles. The van der Waals surface area contributed by atoms with Crippen LogP contribution in [0.4, 0.5) is 16.8 Å². The molecule has 1 unspecified atom stereocenters. The molecule has 152 valence electrons. The number of aryl methyl sites for hydroxylation is 2. The van der Waals surface area contributed by atoms with E-state index in [2.05, 4.69) is 36.0 Å². The molecule has 0 saturated carbocycles. The van der Waals surface area contributed by atoms with E-state index in [1.807, 2.05) is 20.2 Å². The molecule has 4 heterocycles. The van der Waals surface area contributed by atoms with Gasteiger partial charge in [-0.1, -0.05) is 6.42 Å². The predicted octanol–water partition coefficient (Wildman–Crippen LogP) is 2.88. The number of amides is 1. The largest absolute Gasteiger partial charge is 0.322 e. The van der Waals surface area contributed by atoms with E-state index in [-0.39, 0.29) is 11.9 Å². The van der Waals surface area contributed by atoms with Gasteiger partial charge in [-0.3, -0.25) is 14.4 Å². The third-order valence-corrected chi connectivity index (χ3v) is 5.67. The average molecular weight is 413 g/mol. The Morgan fingerprint density at radius 2 is 2.14 bits per heavy atom.